The van der Waals surface area contributed by atoms with Crippen LogP contribution in [0.2, 0.25) is 0 Å². The van der Waals surface area contributed by atoms with Crippen LogP contribution in [0.15, 0.2) is 0 Å². The van der Waals surface area contributed by atoms with E-state index in [1.807, 2.05) is 6.92 Å². The summed E-state index contributed by atoms with van der Waals surface area (Å²) in [6, 6.07) is 2.16. The minimum absolute atomic E-state index is 0.0613. The van der Waals surface area contributed by atoms with Gasteiger partial charge in [0.1, 0.15) is 0 Å². The van der Waals surface area contributed by atoms with Gasteiger partial charge in [-0.25, -0.2) is 0 Å². The molecule has 82 valence electrons. The van der Waals surface area contributed by atoms with Crippen molar-refractivity contribution in [3.05, 3.63) is 0 Å². The molecule has 0 amide bonds. The van der Waals surface area contributed by atoms with Gasteiger partial charge in [-0.05, 0) is 26.3 Å². The molecular weight excluding hydrogens is 176 g/mol. The van der Waals surface area contributed by atoms with E-state index in [0.717, 1.165) is 25.8 Å². The van der Waals surface area contributed by atoms with Crippen molar-refractivity contribution < 1.29 is 4.74 Å². The van der Waals surface area contributed by atoms with E-state index in [1.54, 1.807) is 0 Å². The molecule has 0 fully saturated rings. The molecule has 3 nitrogen and oxygen atoms in total. The van der Waals surface area contributed by atoms with Crippen molar-refractivity contribution in [2.75, 3.05) is 13.2 Å². The molecule has 0 saturated carbocycles. The smallest absolute Gasteiger partial charge is 0.0974 e. The average Bonchev–Trinajstić information content (AvgIpc) is 2.17. The van der Waals surface area contributed by atoms with Crippen molar-refractivity contribution >= 4 is 0 Å². The summed E-state index contributed by atoms with van der Waals surface area (Å²) in [5.41, 5.74) is 0. The van der Waals surface area contributed by atoms with E-state index in [4.69, 9.17) is 10.00 Å². The fourth-order valence-electron chi connectivity index (χ4n) is 1.34. The Labute approximate surface area is 87.4 Å². The van der Waals surface area contributed by atoms with Crippen LogP contribution < -0.4 is 5.32 Å². The third-order valence-corrected chi connectivity index (χ3v) is 2.11. The zero-order valence-electron chi connectivity index (χ0n) is 9.55. The SMILES string of the molecule is CCCC(C)OCCC(C#N)NCC. The zero-order valence-corrected chi connectivity index (χ0v) is 9.55. The number of ether oxygens (including phenoxy) is 1. The number of nitriles is 1. The van der Waals surface area contributed by atoms with E-state index in [0.29, 0.717) is 12.7 Å². The van der Waals surface area contributed by atoms with Gasteiger partial charge in [0, 0.05) is 6.61 Å². The van der Waals surface area contributed by atoms with Crippen LogP contribution in [0.3, 0.4) is 0 Å². The van der Waals surface area contributed by atoms with Gasteiger partial charge >= 0.3 is 0 Å². The van der Waals surface area contributed by atoms with Crippen LogP contribution in [0.25, 0.3) is 0 Å². The van der Waals surface area contributed by atoms with E-state index in [-0.39, 0.29) is 6.04 Å². The van der Waals surface area contributed by atoms with Gasteiger partial charge in [-0.3, -0.25) is 0 Å². The molecule has 14 heavy (non-hydrogen) atoms. The maximum atomic E-state index is 8.76. The molecule has 0 bridgehead atoms. The summed E-state index contributed by atoms with van der Waals surface area (Å²) in [7, 11) is 0. The number of nitrogens with zero attached hydrogens (tertiary/aromatic N) is 1. The molecule has 0 aliphatic carbocycles. The molecule has 0 aromatic rings. The lowest BCUT2D eigenvalue weighted by atomic mass is 10.2. The highest BCUT2D eigenvalue weighted by molar-refractivity contribution is 4.88. The third-order valence-electron chi connectivity index (χ3n) is 2.11. The predicted octanol–water partition coefficient (Wildman–Crippen LogP) is 2.08. The first-order valence-corrected chi connectivity index (χ1v) is 5.49. The van der Waals surface area contributed by atoms with Gasteiger partial charge < -0.3 is 10.1 Å². The Hall–Kier alpha value is -0.590. The predicted molar refractivity (Wildman–Crippen MR) is 58.0 cm³/mol. The third kappa shape index (κ3) is 6.88. The highest BCUT2D eigenvalue weighted by atomic mass is 16.5. The summed E-state index contributed by atoms with van der Waals surface area (Å²) in [5.74, 6) is 0. The number of hydrogen-bond donors (Lipinski definition) is 1. The Morgan fingerprint density at radius 1 is 1.36 bits per heavy atom. The lowest BCUT2D eigenvalue weighted by molar-refractivity contribution is 0.0559. The highest BCUT2D eigenvalue weighted by Gasteiger charge is 2.06. The van der Waals surface area contributed by atoms with Crippen molar-refractivity contribution in [1.82, 2.24) is 5.32 Å². The summed E-state index contributed by atoms with van der Waals surface area (Å²) < 4.78 is 5.57. The van der Waals surface area contributed by atoms with Gasteiger partial charge in [0.15, 0.2) is 0 Å². The van der Waals surface area contributed by atoms with E-state index in [9.17, 15) is 0 Å². The van der Waals surface area contributed by atoms with Crippen LogP contribution in [0.4, 0.5) is 0 Å². The zero-order chi connectivity index (χ0) is 10.8. The summed E-state index contributed by atoms with van der Waals surface area (Å²) in [4.78, 5) is 0. The molecule has 0 heterocycles. The number of hydrogen-bond acceptors (Lipinski definition) is 3. The van der Waals surface area contributed by atoms with E-state index < -0.39 is 0 Å². The quantitative estimate of drug-likeness (QED) is 0.649. The van der Waals surface area contributed by atoms with Crippen molar-refractivity contribution in [1.29, 1.82) is 5.26 Å². The largest absolute Gasteiger partial charge is 0.378 e. The molecule has 2 atom stereocenters. The van der Waals surface area contributed by atoms with Crippen LogP contribution >= 0.6 is 0 Å². The minimum atomic E-state index is -0.0613. The molecule has 0 aliphatic heterocycles. The second-order valence-electron chi connectivity index (χ2n) is 3.50. The summed E-state index contributed by atoms with van der Waals surface area (Å²) in [6.45, 7) is 7.74. The van der Waals surface area contributed by atoms with Gasteiger partial charge in [0.25, 0.3) is 0 Å². The minimum Gasteiger partial charge on any atom is -0.378 e. The first kappa shape index (κ1) is 13.4. The molecule has 0 aromatic carbocycles. The second kappa shape index (κ2) is 8.98. The highest BCUT2D eigenvalue weighted by Crippen LogP contribution is 2.02. The van der Waals surface area contributed by atoms with E-state index >= 15 is 0 Å². The van der Waals surface area contributed by atoms with Crippen LogP contribution in [-0.4, -0.2) is 25.3 Å². The molecule has 0 aromatic heterocycles. The van der Waals surface area contributed by atoms with Gasteiger partial charge in [-0.2, -0.15) is 5.26 Å². The van der Waals surface area contributed by atoms with Crippen LogP contribution in [0.5, 0.6) is 0 Å². The van der Waals surface area contributed by atoms with Crippen LogP contribution in [0, 0.1) is 11.3 Å². The maximum absolute atomic E-state index is 8.76. The van der Waals surface area contributed by atoms with Crippen LogP contribution in [0.1, 0.15) is 40.0 Å². The molecule has 2 unspecified atom stereocenters. The molecule has 0 spiro atoms. The molecule has 0 radical (unpaired) electrons. The molecule has 1 N–H and O–H groups in total. The molecular formula is C11H22N2O. The summed E-state index contributed by atoms with van der Waals surface area (Å²) >= 11 is 0. The Balaban J connectivity index is 3.46. The van der Waals surface area contributed by atoms with Crippen molar-refractivity contribution in [3.8, 4) is 6.07 Å². The van der Waals surface area contributed by atoms with Crippen LogP contribution in [-0.2, 0) is 4.74 Å². The van der Waals surface area contributed by atoms with Gasteiger partial charge in [-0.15, -0.1) is 0 Å². The molecule has 0 aliphatic rings. The lowest BCUT2D eigenvalue weighted by Crippen LogP contribution is -2.29. The fraction of sp³-hybridized carbons (Fsp3) is 0.909. The molecule has 0 rings (SSSR count). The summed E-state index contributed by atoms with van der Waals surface area (Å²) in [6.07, 6.45) is 3.34. The maximum Gasteiger partial charge on any atom is 0.0974 e. The van der Waals surface area contributed by atoms with E-state index in [1.165, 1.54) is 0 Å². The van der Waals surface area contributed by atoms with Crippen molar-refractivity contribution in [2.24, 2.45) is 0 Å². The Bertz CT molecular complexity index is 165. The first-order chi connectivity index (χ1) is 6.74. The summed E-state index contributed by atoms with van der Waals surface area (Å²) in [5, 5.41) is 11.9. The van der Waals surface area contributed by atoms with Gasteiger partial charge in [-0.1, -0.05) is 20.3 Å². The Kier molecular flexibility index (Phi) is 8.61. The number of rotatable bonds is 8. The average molecular weight is 198 g/mol. The molecule has 0 saturated heterocycles. The van der Waals surface area contributed by atoms with Gasteiger partial charge in [0.05, 0.1) is 18.2 Å². The van der Waals surface area contributed by atoms with Gasteiger partial charge in [0.2, 0.25) is 0 Å². The Morgan fingerprint density at radius 3 is 2.57 bits per heavy atom. The Morgan fingerprint density at radius 2 is 2.07 bits per heavy atom. The van der Waals surface area contributed by atoms with Crippen molar-refractivity contribution in [2.45, 2.75) is 52.2 Å². The normalized spacial score (nSPS) is 14.7. The van der Waals surface area contributed by atoms with Crippen molar-refractivity contribution in [3.63, 3.8) is 0 Å². The van der Waals surface area contributed by atoms with E-state index in [2.05, 4.69) is 25.2 Å². The lowest BCUT2D eigenvalue weighted by Gasteiger charge is -2.14. The monoisotopic (exact) mass is 198 g/mol. The standard InChI is InChI=1S/C11H22N2O/c1-4-6-10(3)14-8-7-11(9-12)13-5-2/h10-11,13H,4-8H2,1-3H3. The second-order valence-corrected chi connectivity index (χ2v) is 3.50. The fourth-order valence-corrected chi connectivity index (χ4v) is 1.34. The first-order valence-electron chi connectivity index (χ1n) is 5.49. The molecule has 3 heteroatoms. The topological polar surface area (TPSA) is 45.0 Å². The number of nitrogens with one attached hydrogen (secondary N) is 1.